The van der Waals surface area contributed by atoms with E-state index in [0.717, 1.165) is 6.07 Å². The Morgan fingerprint density at radius 2 is 1.85 bits per heavy atom. The van der Waals surface area contributed by atoms with Gasteiger partial charge in [-0.2, -0.15) is 0 Å². The maximum atomic E-state index is 14.4. The summed E-state index contributed by atoms with van der Waals surface area (Å²) < 4.78 is 33.0. The van der Waals surface area contributed by atoms with E-state index in [0.29, 0.717) is 34.9 Å². The summed E-state index contributed by atoms with van der Waals surface area (Å²) in [4.78, 5) is 29.3. The van der Waals surface area contributed by atoms with Gasteiger partial charge in [0, 0.05) is 35.1 Å². The number of ether oxygens (including phenoxy) is 1. The highest BCUT2D eigenvalue weighted by atomic mass is 32.2. The third-order valence-electron chi connectivity index (χ3n) is 6.03. The minimum absolute atomic E-state index is 0.0607. The van der Waals surface area contributed by atoms with Gasteiger partial charge in [-0.1, -0.05) is 24.3 Å². The first-order valence-corrected chi connectivity index (χ1v) is 11.4. The van der Waals surface area contributed by atoms with E-state index in [9.17, 15) is 18.4 Å². The fourth-order valence-corrected chi connectivity index (χ4v) is 5.90. The van der Waals surface area contributed by atoms with Crippen LogP contribution in [0, 0.1) is 11.6 Å². The number of rotatable bonds is 4. The second kappa shape index (κ2) is 8.19. The van der Waals surface area contributed by atoms with Crippen molar-refractivity contribution in [3.05, 3.63) is 95.1 Å². The fourth-order valence-electron chi connectivity index (χ4n) is 4.43. The second-order valence-electron chi connectivity index (χ2n) is 7.82. The maximum absolute atomic E-state index is 14.4. The van der Waals surface area contributed by atoms with Gasteiger partial charge >= 0.3 is 0 Å². The highest BCUT2D eigenvalue weighted by molar-refractivity contribution is 8.01. The van der Waals surface area contributed by atoms with E-state index in [-0.39, 0.29) is 23.9 Å². The number of anilines is 1. The van der Waals surface area contributed by atoms with Crippen LogP contribution in [0.4, 0.5) is 14.5 Å². The first-order chi connectivity index (χ1) is 16.0. The smallest absolute Gasteiger partial charge is 0.268 e. The number of carbonyl (C=O) groups is 2. The molecule has 0 bridgehead atoms. The number of thioether (sulfide) groups is 1. The standard InChI is InChI=1S/C25H20F2N2O3S/c1-32-19-10-7-16(8-11-19)23(30)29-12-13-33-25(29)20-4-2-3-5-22(20)28(24(25)31)15-17-6-9-18(26)14-21(17)27/h2-11,14H,12-13,15H2,1H3/t25-/m0/s1. The average molecular weight is 467 g/mol. The van der Waals surface area contributed by atoms with Crippen molar-refractivity contribution in [2.75, 3.05) is 24.3 Å². The van der Waals surface area contributed by atoms with E-state index in [4.69, 9.17) is 4.74 Å². The number of fused-ring (bicyclic) bond motifs is 2. The molecule has 0 aliphatic carbocycles. The number of hydrogen-bond acceptors (Lipinski definition) is 4. The van der Waals surface area contributed by atoms with Crippen LogP contribution in [-0.4, -0.2) is 36.1 Å². The Bertz CT molecular complexity index is 1250. The van der Waals surface area contributed by atoms with Gasteiger partial charge in [-0.25, -0.2) is 8.78 Å². The van der Waals surface area contributed by atoms with Gasteiger partial charge in [-0.3, -0.25) is 9.59 Å². The molecule has 1 fully saturated rings. The van der Waals surface area contributed by atoms with Gasteiger partial charge in [0.1, 0.15) is 17.4 Å². The molecule has 2 amide bonds. The zero-order valence-electron chi connectivity index (χ0n) is 17.8. The molecule has 0 saturated carbocycles. The lowest BCUT2D eigenvalue weighted by Gasteiger charge is -2.33. The molecule has 0 unspecified atom stereocenters. The number of para-hydroxylation sites is 1. The molecule has 2 aliphatic rings. The van der Waals surface area contributed by atoms with Crippen molar-refractivity contribution in [3.63, 3.8) is 0 Å². The molecule has 33 heavy (non-hydrogen) atoms. The van der Waals surface area contributed by atoms with E-state index in [1.165, 1.54) is 28.8 Å². The molecule has 168 valence electrons. The number of halogens is 2. The Hall–Kier alpha value is -3.39. The minimum Gasteiger partial charge on any atom is -0.497 e. The summed E-state index contributed by atoms with van der Waals surface area (Å²) in [5.74, 6) is -0.750. The molecule has 3 aromatic rings. The lowest BCUT2D eigenvalue weighted by atomic mass is 10.0. The molecule has 5 rings (SSSR count). The largest absolute Gasteiger partial charge is 0.497 e. The molecule has 3 aromatic carbocycles. The van der Waals surface area contributed by atoms with E-state index < -0.39 is 16.5 Å². The maximum Gasteiger partial charge on any atom is 0.268 e. The SMILES string of the molecule is COc1ccc(C(=O)N2CCS[C@@]23C(=O)N(Cc2ccc(F)cc2F)c2ccccc23)cc1. The van der Waals surface area contributed by atoms with Crippen molar-refractivity contribution in [2.45, 2.75) is 11.4 Å². The zero-order valence-corrected chi connectivity index (χ0v) is 18.6. The molecule has 0 N–H and O–H groups in total. The molecule has 8 heteroatoms. The third kappa shape index (κ3) is 3.36. The molecule has 2 aliphatic heterocycles. The van der Waals surface area contributed by atoms with Crippen LogP contribution in [-0.2, 0) is 16.2 Å². The number of benzene rings is 3. The van der Waals surface area contributed by atoms with Crippen LogP contribution in [0.2, 0.25) is 0 Å². The van der Waals surface area contributed by atoms with Crippen LogP contribution in [0.15, 0.2) is 66.7 Å². The van der Waals surface area contributed by atoms with E-state index >= 15 is 0 Å². The second-order valence-corrected chi connectivity index (χ2v) is 9.11. The lowest BCUT2D eigenvalue weighted by molar-refractivity contribution is -0.123. The lowest BCUT2D eigenvalue weighted by Crippen LogP contribution is -2.50. The number of nitrogens with zero attached hydrogens (tertiary/aromatic N) is 2. The highest BCUT2D eigenvalue weighted by Gasteiger charge is 2.59. The molecular weight excluding hydrogens is 446 g/mol. The summed E-state index contributed by atoms with van der Waals surface area (Å²) in [6, 6.07) is 17.3. The number of amides is 2. The molecule has 0 radical (unpaired) electrons. The minimum atomic E-state index is -1.23. The number of hydrogen-bond donors (Lipinski definition) is 0. The van der Waals surface area contributed by atoms with Crippen molar-refractivity contribution in [3.8, 4) is 5.75 Å². The normalized spacial score (nSPS) is 19.3. The van der Waals surface area contributed by atoms with Gasteiger partial charge in [-0.05, 0) is 36.4 Å². The van der Waals surface area contributed by atoms with Gasteiger partial charge in [0.05, 0.1) is 19.3 Å². The Morgan fingerprint density at radius 3 is 2.58 bits per heavy atom. The molecule has 1 atom stereocenters. The third-order valence-corrected chi connectivity index (χ3v) is 7.45. The predicted octanol–water partition coefficient (Wildman–Crippen LogP) is 4.56. The van der Waals surface area contributed by atoms with Crippen LogP contribution in [0.1, 0.15) is 21.5 Å². The molecule has 1 saturated heterocycles. The van der Waals surface area contributed by atoms with Crippen LogP contribution in [0.5, 0.6) is 5.75 Å². The molecule has 5 nitrogen and oxygen atoms in total. The average Bonchev–Trinajstić information content (AvgIpc) is 3.37. The van der Waals surface area contributed by atoms with Crippen LogP contribution in [0.3, 0.4) is 0 Å². The Labute approximate surface area is 193 Å². The fraction of sp³-hybridized carbons (Fsp3) is 0.200. The molecular formula is C25H20F2N2O3S. The van der Waals surface area contributed by atoms with Crippen LogP contribution < -0.4 is 9.64 Å². The molecule has 0 aromatic heterocycles. The Kier molecular flexibility index (Phi) is 5.32. The van der Waals surface area contributed by atoms with Crippen molar-refractivity contribution in [1.29, 1.82) is 0 Å². The highest BCUT2D eigenvalue weighted by Crippen LogP contribution is 2.54. The summed E-state index contributed by atoms with van der Waals surface area (Å²) in [5.41, 5.74) is 1.97. The van der Waals surface area contributed by atoms with Gasteiger partial charge in [-0.15, -0.1) is 11.8 Å². The molecule has 1 spiro atoms. The van der Waals surface area contributed by atoms with E-state index in [1.807, 2.05) is 12.1 Å². The quantitative estimate of drug-likeness (QED) is 0.566. The summed E-state index contributed by atoms with van der Waals surface area (Å²) in [6.07, 6.45) is 0. The summed E-state index contributed by atoms with van der Waals surface area (Å²) in [6.45, 7) is 0.336. The summed E-state index contributed by atoms with van der Waals surface area (Å²) >= 11 is 1.40. The van der Waals surface area contributed by atoms with Crippen molar-refractivity contribution < 1.29 is 23.1 Å². The number of methoxy groups -OCH3 is 1. The zero-order chi connectivity index (χ0) is 23.2. The summed E-state index contributed by atoms with van der Waals surface area (Å²) in [5, 5.41) is 0. The topological polar surface area (TPSA) is 49.9 Å². The van der Waals surface area contributed by atoms with Gasteiger partial charge in [0.15, 0.2) is 4.87 Å². The van der Waals surface area contributed by atoms with Crippen molar-refractivity contribution in [2.24, 2.45) is 0 Å². The number of carbonyl (C=O) groups excluding carboxylic acids is 2. The Morgan fingerprint density at radius 1 is 1.09 bits per heavy atom. The van der Waals surface area contributed by atoms with Gasteiger partial charge in [0.25, 0.3) is 11.8 Å². The first-order valence-electron chi connectivity index (χ1n) is 10.4. The van der Waals surface area contributed by atoms with Crippen LogP contribution >= 0.6 is 11.8 Å². The predicted molar refractivity (Wildman–Crippen MR) is 122 cm³/mol. The van der Waals surface area contributed by atoms with Gasteiger partial charge < -0.3 is 14.5 Å². The monoisotopic (exact) mass is 466 g/mol. The summed E-state index contributed by atoms with van der Waals surface area (Å²) in [7, 11) is 1.55. The van der Waals surface area contributed by atoms with Crippen molar-refractivity contribution in [1.82, 2.24) is 4.90 Å². The molecule has 2 heterocycles. The van der Waals surface area contributed by atoms with Crippen LogP contribution in [0.25, 0.3) is 0 Å². The Balaban J connectivity index is 1.55. The van der Waals surface area contributed by atoms with E-state index in [2.05, 4.69) is 0 Å². The first kappa shape index (κ1) is 21.5. The van der Waals surface area contributed by atoms with Gasteiger partial charge in [0.2, 0.25) is 0 Å². The van der Waals surface area contributed by atoms with Crippen molar-refractivity contribution >= 4 is 29.3 Å². The van der Waals surface area contributed by atoms with E-state index in [1.54, 1.807) is 48.4 Å².